The standard InChI is InChI=1S/C11H14ClN.C4H6O6/c1-8-7-13-5-4-9-2-3-10(12)6-11(8)9;5-1(3(7)8)2(6)4(9)10/h2-3,6,8,13H,4-5,7H2,1H3;1-2,5-6H,(H,7,8)(H,9,10)/t8-;1-,2-/m10/s1. The van der Waals surface area contributed by atoms with Gasteiger partial charge in [-0.1, -0.05) is 24.6 Å². The van der Waals surface area contributed by atoms with Crippen LogP contribution in [-0.4, -0.2) is 57.7 Å². The number of aliphatic hydroxyl groups excluding tert-OH is 2. The maximum Gasteiger partial charge on any atom is 0.335 e. The minimum atomic E-state index is -2.27. The lowest BCUT2D eigenvalue weighted by atomic mass is 9.96. The molecule has 1 aliphatic rings. The predicted molar refractivity (Wildman–Crippen MR) is 83.7 cm³/mol. The molecule has 1 aromatic rings. The number of carbonyl (C=O) groups is 2. The Morgan fingerprint density at radius 1 is 1.22 bits per heavy atom. The lowest BCUT2D eigenvalue weighted by Crippen LogP contribution is -2.39. The number of benzene rings is 1. The largest absolute Gasteiger partial charge is 0.479 e. The zero-order chi connectivity index (χ0) is 17.6. The van der Waals surface area contributed by atoms with Crippen molar-refractivity contribution in [1.29, 1.82) is 0 Å². The highest BCUT2D eigenvalue weighted by Gasteiger charge is 2.29. The van der Waals surface area contributed by atoms with Crippen LogP contribution >= 0.6 is 11.6 Å². The zero-order valence-electron chi connectivity index (χ0n) is 12.6. The number of nitrogens with one attached hydrogen (secondary N) is 1. The summed E-state index contributed by atoms with van der Waals surface area (Å²) in [5.74, 6) is -2.96. The molecule has 0 amide bonds. The van der Waals surface area contributed by atoms with E-state index in [-0.39, 0.29) is 0 Å². The SMILES string of the molecule is C[C@@H]1CNCCc2ccc(Cl)cc21.O=C(O)[C@@H](O)[C@H](O)C(=O)O. The van der Waals surface area contributed by atoms with Gasteiger partial charge >= 0.3 is 11.9 Å². The number of halogens is 1. The van der Waals surface area contributed by atoms with Crippen molar-refractivity contribution in [2.75, 3.05) is 13.1 Å². The van der Waals surface area contributed by atoms with Gasteiger partial charge in [-0.15, -0.1) is 0 Å². The molecule has 0 fully saturated rings. The molecule has 3 atom stereocenters. The van der Waals surface area contributed by atoms with E-state index in [2.05, 4.69) is 24.4 Å². The van der Waals surface area contributed by atoms with Gasteiger partial charge in [0.2, 0.25) is 0 Å². The van der Waals surface area contributed by atoms with Crippen molar-refractivity contribution in [1.82, 2.24) is 5.32 Å². The van der Waals surface area contributed by atoms with Gasteiger partial charge in [0.1, 0.15) is 0 Å². The van der Waals surface area contributed by atoms with Gasteiger partial charge < -0.3 is 25.7 Å². The molecule has 0 unspecified atom stereocenters. The number of aliphatic hydroxyl groups is 2. The van der Waals surface area contributed by atoms with E-state index in [4.69, 9.17) is 32.0 Å². The summed E-state index contributed by atoms with van der Waals surface area (Å²) in [5.41, 5.74) is 2.86. The van der Waals surface area contributed by atoms with Crippen molar-refractivity contribution in [2.45, 2.75) is 31.5 Å². The molecule has 5 N–H and O–H groups in total. The van der Waals surface area contributed by atoms with Crippen LogP contribution in [0.2, 0.25) is 5.02 Å². The van der Waals surface area contributed by atoms with Crippen LogP contribution in [0.5, 0.6) is 0 Å². The van der Waals surface area contributed by atoms with Gasteiger partial charge in [-0.2, -0.15) is 0 Å². The van der Waals surface area contributed by atoms with Crippen molar-refractivity contribution < 1.29 is 30.0 Å². The molecular formula is C15H20ClNO6. The highest BCUT2D eigenvalue weighted by molar-refractivity contribution is 6.30. The topological polar surface area (TPSA) is 127 Å². The summed E-state index contributed by atoms with van der Waals surface area (Å²) < 4.78 is 0. The quantitative estimate of drug-likeness (QED) is 0.538. The lowest BCUT2D eigenvalue weighted by molar-refractivity contribution is -0.165. The van der Waals surface area contributed by atoms with Gasteiger partial charge in [0.25, 0.3) is 0 Å². The van der Waals surface area contributed by atoms with Gasteiger partial charge in [0.15, 0.2) is 12.2 Å². The third-order valence-electron chi connectivity index (χ3n) is 3.47. The monoisotopic (exact) mass is 345 g/mol. The van der Waals surface area contributed by atoms with Crippen LogP contribution in [0.25, 0.3) is 0 Å². The Bertz CT molecular complexity index is 547. The first-order chi connectivity index (χ1) is 10.7. The van der Waals surface area contributed by atoms with Gasteiger partial charge in [-0.3, -0.25) is 0 Å². The molecule has 23 heavy (non-hydrogen) atoms. The van der Waals surface area contributed by atoms with E-state index in [1.165, 1.54) is 11.1 Å². The summed E-state index contributed by atoms with van der Waals surface area (Å²) in [5, 5.41) is 36.8. The Kier molecular flexibility index (Phi) is 7.44. The smallest absolute Gasteiger partial charge is 0.335 e. The third kappa shape index (κ3) is 5.80. The van der Waals surface area contributed by atoms with Crippen LogP contribution in [-0.2, 0) is 16.0 Å². The lowest BCUT2D eigenvalue weighted by Gasteiger charge is -2.11. The number of carboxylic acids is 2. The normalized spacial score (nSPS) is 19.4. The number of hydrogen-bond donors (Lipinski definition) is 5. The average Bonchev–Trinajstić information content (AvgIpc) is 2.68. The van der Waals surface area contributed by atoms with E-state index >= 15 is 0 Å². The van der Waals surface area contributed by atoms with E-state index in [1.807, 2.05) is 6.07 Å². The van der Waals surface area contributed by atoms with Crippen LogP contribution in [0.15, 0.2) is 18.2 Å². The maximum absolute atomic E-state index is 9.77. The molecule has 1 heterocycles. The van der Waals surface area contributed by atoms with E-state index < -0.39 is 24.1 Å². The molecule has 128 valence electrons. The highest BCUT2D eigenvalue weighted by atomic mass is 35.5. The van der Waals surface area contributed by atoms with Crippen molar-refractivity contribution in [3.05, 3.63) is 34.3 Å². The molecule has 2 rings (SSSR count). The fourth-order valence-corrected chi connectivity index (χ4v) is 2.35. The number of rotatable bonds is 3. The zero-order valence-corrected chi connectivity index (χ0v) is 13.3. The van der Waals surface area contributed by atoms with Crippen molar-refractivity contribution in [2.24, 2.45) is 0 Å². The Morgan fingerprint density at radius 2 is 1.78 bits per heavy atom. The summed E-state index contributed by atoms with van der Waals surface area (Å²) >= 11 is 5.97. The Balaban J connectivity index is 0.000000241. The molecule has 7 nitrogen and oxygen atoms in total. The van der Waals surface area contributed by atoms with Gasteiger partial charge in [-0.25, -0.2) is 9.59 Å². The Labute approximate surface area is 138 Å². The van der Waals surface area contributed by atoms with Crippen molar-refractivity contribution in [3.63, 3.8) is 0 Å². The molecule has 0 saturated carbocycles. The first kappa shape index (κ1) is 19.4. The molecule has 0 aliphatic carbocycles. The molecule has 1 aromatic carbocycles. The van der Waals surface area contributed by atoms with Crippen LogP contribution in [0.3, 0.4) is 0 Å². The van der Waals surface area contributed by atoms with Gasteiger partial charge in [0.05, 0.1) is 0 Å². The van der Waals surface area contributed by atoms with Crippen LogP contribution < -0.4 is 5.32 Å². The van der Waals surface area contributed by atoms with E-state index in [1.54, 1.807) is 0 Å². The highest BCUT2D eigenvalue weighted by Crippen LogP contribution is 2.25. The molecule has 0 spiro atoms. The second-order valence-corrected chi connectivity index (χ2v) is 5.70. The maximum atomic E-state index is 9.77. The summed E-state index contributed by atoms with van der Waals surface area (Å²) in [7, 11) is 0. The summed E-state index contributed by atoms with van der Waals surface area (Å²) in [6.07, 6.45) is -3.41. The first-order valence-corrected chi connectivity index (χ1v) is 7.42. The second kappa shape index (κ2) is 8.83. The van der Waals surface area contributed by atoms with Crippen molar-refractivity contribution >= 4 is 23.5 Å². The van der Waals surface area contributed by atoms with Crippen LogP contribution in [0.1, 0.15) is 24.0 Å². The number of aliphatic carboxylic acids is 2. The van der Waals surface area contributed by atoms with Crippen LogP contribution in [0, 0.1) is 0 Å². The predicted octanol–water partition coefficient (Wildman–Crippen LogP) is 0.467. The van der Waals surface area contributed by atoms with E-state index in [0.717, 1.165) is 24.5 Å². The number of fused-ring (bicyclic) bond motifs is 1. The minimum absolute atomic E-state index is 0.580. The van der Waals surface area contributed by atoms with Gasteiger partial charge in [0, 0.05) is 11.6 Å². The number of hydrogen-bond acceptors (Lipinski definition) is 5. The molecule has 8 heteroatoms. The molecule has 0 aromatic heterocycles. The third-order valence-corrected chi connectivity index (χ3v) is 3.70. The van der Waals surface area contributed by atoms with E-state index in [0.29, 0.717) is 5.92 Å². The molecule has 0 radical (unpaired) electrons. The fraction of sp³-hybridized carbons (Fsp3) is 0.467. The van der Waals surface area contributed by atoms with Crippen LogP contribution in [0.4, 0.5) is 0 Å². The van der Waals surface area contributed by atoms with Crippen molar-refractivity contribution in [3.8, 4) is 0 Å². The second-order valence-electron chi connectivity index (χ2n) is 5.26. The molecule has 0 saturated heterocycles. The minimum Gasteiger partial charge on any atom is -0.479 e. The fourth-order valence-electron chi connectivity index (χ4n) is 2.17. The van der Waals surface area contributed by atoms with Gasteiger partial charge in [-0.05, 0) is 42.1 Å². The Morgan fingerprint density at radius 3 is 2.30 bits per heavy atom. The molecule has 1 aliphatic heterocycles. The Hall–Kier alpha value is -1.67. The molecule has 0 bridgehead atoms. The summed E-state index contributed by atoms with van der Waals surface area (Å²) in [6.45, 7) is 4.39. The first-order valence-electron chi connectivity index (χ1n) is 7.04. The summed E-state index contributed by atoms with van der Waals surface area (Å²) in [6, 6.07) is 6.24. The summed E-state index contributed by atoms with van der Waals surface area (Å²) in [4.78, 5) is 19.5. The number of carboxylic acid groups (broad SMARTS) is 2. The van der Waals surface area contributed by atoms with E-state index in [9.17, 15) is 9.59 Å². The molecular weight excluding hydrogens is 326 g/mol. The average molecular weight is 346 g/mol.